The third kappa shape index (κ3) is 4.39. The largest absolute Gasteiger partial charge is 0.326 e. The zero-order valence-corrected chi connectivity index (χ0v) is 13.4. The van der Waals surface area contributed by atoms with Gasteiger partial charge in [-0.2, -0.15) is 0 Å². The normalized spacial score (nSPS) is 10.1. The summed E-state index contributed by atoms with van der Waals surface area (Å²) in [6.07, 6.45) is -0.389. The van der Waals surface area contributed by atoms with Crippen molar-refractivity contribution in [3.8, 4) is 0 Å². The number of halogens is 2. The maximum atomic E-state index is 13.4. The lowest BCUT2D eigenvalue weighted by atomic mass is 10.2. The highest BCUT2D eigenvalue weighted by Crippen LogP contribution is 2.20. The number of aryl methyl sites for hydroxylation is 1. The van der Waals surface area contributed by atoms with Crippen LogP contribution in [0.15, 0.2) is 46.9 Å². The summed E-state index contributed by atoms with van der Waals surface area (Å²) < 4.78 is 14.3. The minimum absolute atomic E-state index is 0.0541. The van der Waals surface area contributed by atoms with Gasteiger partial charge in [0.1, 0.15) is 12.2 Å². The molecule has 0 fully saturated rings. The fourth-order valence-electron chi connectivity index (χ4n) is 1.78. The van der Waals surface area contributed by atoms with Gasteiger partial charge in [0.05, 0.1) is 5.69 Å². The molecular weight excluding hydrogens is 351 g/mol. The number of rotatable bonds is 4. The Morgan fingerprint density at radius 3 is 2.45 bits per heavy atom. The first-order valence-corrected chi connectivity index (χ1v) is 7.35. The van der Waals surface area contributed by atoms with Gasteiger partial charge in [-0.15, -0.1) is 0 Å². The molecule has 2 aromatic rings. The number of hydrogen-bond acceptors (Lipinski definition) is 2. The third-order valence-corrected chi connectivity index (χ3v) is 3.78. The monoisotopic (exact) mass is 364 g/mol. The highest BCUT2D eigenvalue weighted by molar-refractivity contribution is 9.10. The molecule has 114 valence electrons. The van der Waals surface area contributed by atoms with E-state index in [1.54, 1.807) is 18.2 Å². The molecule has 6 heteroatoms. The number of carbonyl (C=O) groups excluding carboxylic acids is 2. The van der Waals surface area contributed by atoms with Crippen molar-refractivity contribution in [1.82, 2.24) is 0 Å². The van der Waals surface area contributed by atoms with Crippen LogP contribution in [0.1, 0.15) is 12.0 Å². The Balaban J connectivity index is 1.92. The lowest BCUT2D eigenvalue weighted by Gasteiger charge is -2.08. The first-order chi connectivity index (χ1) is 10.5. The van der Waals surface area contributed by atoms with Crippen LogP contribution >= 0.6 is 15.9 Å². The van der Waals surface area contributed by atoms with Crippen LogP contribution in [0.3, 0.4) is 0 Å². The second-order valence-corrected chi connectivity index (χ2v) is 5.57. The van der Waals surface area contributed by atoms with Crippen LogP contribution in [0.2, 0.25) is 0 Å². The predicted octanol–water partition coefficient (Wildman–Crippen LogP) is 3.86. The van der Waals surface area contributed by atoms with E-state index in [2.05, 4.69) is 26.6 Å². The molecule has 0 saturated carbocycles. The van der Waals surface area contributed by atoms with E-state index in [9.17, 15) is 14.0 Å². The number of anilines is 2. The van der Waals surface area contributed by atoms with E-state index in [1.807, 2.05) is 13.0 Å². The average molecular weight is 365 g/mol. The maximum absolute atomic E-state index is 13.4. The first-order valence-electron chi connectivity index (χ1n) is 6.56. The molecule has 0 saturated heterocycles. The quantitative estimate of drug-likeness (QED) is 0.809. The Morgan fingerprint density at radius 2 is 1.77 bits per heavy atom. The highest BCUT2D eigenvalue weighted by atomic mass is 79.9. The molecule has 0 heterocycles. The Labute approximate surface area is 135 Å². The number of carbonyl (C=O) groups is 2. The summed E-state index contributed by atoms with van der Waals surface area (Å²) in [4.78, 5) is 23.6. The second-order valence-electron chi connectivity index (χ2n) is 4.72. The van der Waals surface area contributed by atoms with Gasteiger partial charge in [-0.05, 0) is 36.8 Å². The lowest BCUT2D eigenvalue weighted by Crippen LogP contribution is -2.21. The average Bonchev–Trinajstić information content (AvgIpc) is 2.45. The third-order valence-electron chi connectivity index (χ3n) is 2.92. The van der Waals surface area contributed by atoms with E-state index in [4.69, 9.17) is 0 Å². The van der Waals surface area contributed by atoms with Crippen LogP contribution in [0.4, 0.5) is 15.8 Å². The minimum atomic E-state index is -0.575. The van der Waals surface area contributed by atoms with E-state index < -0.39 is 17.6 Å². The van der Waals surface area contributed by atoms with E-state index in [0.717, 1.165) is 10.0 Å². The standard InChI is InChI=1S/C16H14BrFN2O2/c1-10-6-7-11(8-12(10)17)19-15(21)9-16(22)20-14-5-3-2-4-13(14)18/h2-8H,9H2,1H3,(H,19,21)(H,20,22). The molecule has 2 rings (SSSR count). The number of benzene rings is 2. The van der Waals surface area contributed by atoms with Crippen molar-refractivity contribution in [2.75, 3.05) is 10.6 Å². The molecule has 0 aromatic heterocycles. The van der Waals surface area contributed by atoms with E-state index in [1.165, 1.54) is 18.2 Å². The molecule has 0 atom stereocenters. The van der Waals surface area contributed by atoms with Crippen LogP contribution < -0.4 is 10.6 Å². The number of hydrogen-bond donors (Lipinski definition) is 2. The summed E-state index contributed by atoms with van der Waals surface area (Å²) in [5.74, 6) is -1.59. The van der Waals surface area contributed by atoms with Crippen molar-refractivity contribution in [1.29, 1.82) is 0 Å². The molecule has 2 amide bonds. The van der Waals surface area contributed by atoms with Gasteiger partial charge in [0.25, 0.3) is 0 Å². The number of amides is 2. The van der Waals surface area contributed by atoms with Crippen molar-refractivity contribution in [3.05, 3.63) is 58.3 Å². The summed E-state index contributed by atoms with van der Waals surface area (Å²) in [6.45, 7) is 1.93. The Bertz CT molecular complexity index is 719. The molecule has 0 spiro atoms. The lowest BCUT2D eigenvalue weighted by molar-refractivity contribution is -0.123. The number of nitrogens with one attached hydrogen (secondary N) is 2. The zero-order valence-electron chi connectivity index (χ0n) is 11.8. The fourth-order valence-corrected chi connectivity index (χ4v) is 2.16. The van der Waals surface area contributed by atoms with Gasteiger partial charge in [0.15, 0.2) is 0 Å². The van der Waals surface area contributed by atoms with Crippen molar-refractivity contribution >= 4 is 39.1 Å². The van der Waals surface area contributed by atoms with Gasteiger partial charge >= 0.3 is 0 Å². The van der Waals surface area contributed by atoms with E-state index >= 15 is 0 Å². The van der Waals surface area contributed by atoms with Gasteiger partial charge in [-0.25, -0.2) is 4.39 Å². The van der Waals surface area contributed by atoms with E-state index in [0.29, 0.717) is 5.69 Å². The molecule has 2 aromatic carbocycles. The predicted molar refractivity (Wildman–Crippen MR) is 87.2 cm³/mol. The first kappa shape index (κ1) is 16.2. The molecule has 2 N–H and O–H groups in total. The van der Waals surface area contributed by atoms with Crippen LogP contribution in [0.5, 0.6) is 0 Å². The topological polar surface area (TPSA) is 58.2 Å². The van der Waals surface area contributed by atoms with Crippen LogP contribution in [-0.2, 0) is 9.59 Å². The van der Waals surface area contributed by atoms with Crippen LogP contribution in [0.25, 0.3) is 0 Å². The van der Waals surface area contributed by atoms with Gasteiger partial charge in [-0.3, -0.25) is 9.59 Å². The van der Waals surface area contributed by atoms with Crippen LogP contribution in [0, 0.1) is 12.7 Å². The molecule has 22 heavy (non-hydrogen) atoms. The Hall–Kier alpha value is -2.21. The maximum Gasteiger partial charge on any atom is 0.233 e. The smallest absolute Gasteiger partial charge is 0.233 e. The minimum Gasteiger partial charge on any atom is -0.326 e. The van der Waals surface area contributed by atoms with Crippen molar-refractivity contribution in [2.45, 2.75) is 13.3 Å². The van der Waals surface area contributed by atoms with Gasteiger partial charge < -0.3 is 10.6 Å². The van der Waals surface area contributed by atoms with E-state index in [-0.39, 0.29) is 12.1 Å². The molecule has 0 bridgehead atoms. The number of para-hydroxylation sites is 1. The summed E-state index contributed by atoms with van der Waals surface area (Å²) in [5, 5.41) is 4.98. The fraction of sp³-hybridized carbons (Fsp3) is 0.125. The van der Waals surface area contributed by atoms with Gasteiger partial charge in [0.2, 0.25) is 11.8 Å². The molecule has 0 unspecified atom stereocenters. The SMILES string of the molecule is Cc1ccc(NC(=O)CC(=O)Nc2ccccc2F)cc1Br. The van der Waals surface area contributed by atoms with Crippen LogP contribution in [-0.4, -0.2) is 11.8 Å². The Morgan fingerprint density at radius 1 is 1.09 bits per heavy atom. The van der Waals surface area contributed by atoms with Crippen molar-refractivity contribution in [3.63, 3.8) is 0 Å². The molecule has 0 aliphatic carbocycles. The summed E-state index contributed by atoms with van der Waals surface area (Å²) in [7, 11) is 0. The summed E-state index contributed by atoms with van der Waals surface area (Å²) in [6, 6.07) is 11.1. The second kappa shape index (κ2) is 7.17. The molecule has 0 aliphatic heterocycles. The summed E-state index contributed by atoms with van der Waals surface area (Å²) >= 11 is 3.37. The van der Waals surface area contributed by atoms with Gasteiger partial charge in [-0.1, -0.05) is 34.1 Å². The highest BCUT2D eigenvalue weighted by Gasteiger charge is 2.12. The summed E-state index contributed by atoms with van der Waals surface area (Å²) in [5.41, 5.74) is 1.68. The van der Waals surface area contributed by atoms with Crippen molar-refractivity contribution in [2.24, 2.45) is 0 Å². The van der Waals surface area contributed by atoms with Crippen molar-refractivity contribution < 1.29 is 14.0 Å². The molecule has 4 nitrogen and oxygen atoms in total. The zero-order chi connectivity index (χ0) is 16.1. The molecule has 0 aliphatic rings. The molecular formula is C16H14BrFN2O2. The van der Waals surface area contributed by atoms with Gasteiger partial charge in [0, 0.05) is 10.2 Å². The Kier molecular flexibility index (Phi) is 5.27. The molecule has 0 radical (unpaired) electrons.